The number of hydrogen-bond acceptors (Lipinski definition) is 2. The van der Waals surface area contributed by atoms with Crippen molar-refractivity contribution in [1.82, 2.24) is 4.98 Å². The summed E-state index contributed by atoms with van der Waals surface area (Å²) in [4.78, 5) is 3.92. The number of benzene rings is 1. The summed E-state index contributed by atoms with van der Waals surface area (Å²) in [6.45, 7) is 1.63. The van der Waals surface area contributed by atoms with Crippen LogP contribution in [0.25, 0.3) is 0 Å². The number of nitrogens with zero attached hydrogens (tertiary/aromatic N) is 1. The van der Waals surface area contributed by atoms with Gasteiger partial charge in [0.25, 0.3) is 0 Å². The molecule has 1 N–H and O–H groups in total. The summed E-state index contributed by atoms with van der Waals surface area (Å²) >= 11 is 9.45. The molecule has 2 aromatic rings. The number of pyridine rings is 1. The highest BCUT2D eigenvalue weighted by atomic mass is 79.9. The Balaban J connectivity index is 2.27. The first kappa shape index (κ1) is 14.4. The van der Waals surface area contributed by atoms with E-state index in [2.05, 4.69) is 20.9 Å². The van der Waals surface area contributed by atoms with Crippen LogP contribution >= 0.6 is 27.5 Å². The minimum absolute atomic E-state index is 0.303. The molecule has 0 aliphatic carbocycles. The van der Waals surface area contributed by atoms with Gasteiger partial charge in [-0.25, -0.2) is 4.39 Å². The second-order valence-electron chi connectivity index (χ2n) is 4.55. The van der Waals surface area contributed by atoms with Crippen molar-refractivity contribution in [2.24, 2.45) is 0 Å². The van der Waals surface area contributed by atoms with E-state index in [-0.39, 0.29) is 0 Å². The van der Waals surface area contributed by atoms with Gasteiger partial charge in [-0.3, -0.25) is 4.98 Å². The monoisotopic (exact) mass is 343 g/mol. The first-order valence-corrected chi connectivity index (χ1v) is 6.84. The summed E-state index contributed by atoms with van der Waals surface area (Å²) in [6, 6.07) is 8.22. The van der Waals surface area contributed by atoms with Crippen LogP contribution in [0.4, 0.5) is 4.39 Å². The van der Waals surface area contributed by atoms with E-state index < -0.39 is 11.4 Å². The lowest BCUT2D eigenvalue weighted by Gasteiger charge is -2.23. The van der Waals surface area contributed by atoms with E-state index in [1.807, 2.05) is 12.1 Å². The van der Waals surface area contributed by atoms with Gasteiger partial charge in [0, 0.05) is 15.9 Å². The summed E-state index contributed by atoms with van der Waals surface area (Å²) in [5.74, 6) is -0.429. The van der Waals surface area contributed by atoms with Crippen molar-refractivity contribution in [3.8, 4) is 0 Å². The minimum Gasteiger partial charge on any atom is -0.383 e. The van der Waals surface area contributed by atoms with Crippen LogP contribution in [0.5, 0.6) is 0 Å². The Morgan fingerprint density at radius 3 is 2.68 bits per heavy atom. The molecule has 0 spiro atoms. The molecule has 0 saturated heterocycles. The van der Waals surface area contributed by atoms with Crippen molar-refractivity contribution < 1.29 is 9.50 Å². The number of hydrogen-bond donors (Lipinski definition) is 1. The molecule has 0 aliphatic heterocycles. The number of halogens is 3. The van der Waals surface area contributed by atoms with Crippen molar-refractivity contribution in [1.29, 1.82) is 0 Å². The van der Waals surface area contributed by atoms with Crippen LogP contribution in [-0.4, -0.2) is 10.1 Å². The van der Waals surface area contributed by atoms with E-state index in [1.165, 1.54) is 12.1 Å². The molecule has 0 amide bonds. The largest absolute Gasteiger partial charge is 0.383 e. The van der Waals surface area contributed by atoms with Gasteiger partial charge in [0.05, 0.1) is 11.9 Å². The molecule has 0 bridgehead atoms. The first-order chi connectivity index (χ1) is 8.88. The minimum atomic E-state index is -1.20. The lowest BCUT2D eigenvalue weighted by Crippen LogP contribution is -2.25. The van der Waals surface area contributed by atoms with Crippen LogP contribution < -0.4 is 0 Å². The lowest BCUT2D eigenvalue weighted by atomic mass is 9.93. The predicted octanol–water partition coefficient (Wildman–Crippen LogP) is 4.09. The summed E-state index contributed by atoms with van der Waals surface area (Å²) in [5.41, 5.74) is 0.0133. The van der Waals surface area contributed by atoms with Crippen molar-refractivity contribution in [2.75, 3.05) is 0 Å². The molecule has 100 valence electrons. The molecule has 2 nitrogen and oxygen atoms in total. The molecule has 1 atom stereocenters. The van der Waals surface area contributed by atoms with E-state index in [0.29, 0.717) is 17.1 Å². The third-order valence-corrected chi connectivity index (χ3v) is 3.67. The van der Waals surface area contributed by atoms with E-state index in [4.69, 9.17) is 11.6 Å². The van der Waals surface area contributed by atoms with Gasteiger partial charge in [-0.05, 0) is 36.8 Å². The van der Waals surface area contributed by atoms with E-state index in [0.717, 1.165) is 16.2 Å². The van der Waals surface area contributed by atoms with E-state index in [1.54, 1.807) is 13.0 Å². The third kappa shape index (κ3) is 3.53. The Bertz CT molecular complexity index is 586. The summed E-state index contributed by atoms with van der Waals surface area (Å²) < 4.78 is 13.7. The van der Waals surface area contributed by atoms with Crippen molar-refractivity contribution >= 4 is 27.5 Å². The fourth-order valence-electron chi connectivity index (χ4n) is 1.82. The molecule has 2 rings (SSSR count). The Hall–Kier alpha value is -0.970. The normalized spacial score (nSPS) is 14.2. The van der Waals surface area contributed by atoms with Crippen LogP contribution in [0.1, 0.15) is 18.2 Å². The molecule has 1 aromatic carbocycles. The Morgan fingerprint density at radius 1 is 1.37 bits per heavy atom. The summed E-state index contributed by atoms with van der Waals surface area (Å²) in [5, 5.41) is 11.0. The van der Waals surface area contributed by atoms with Gasteiger partial charge < -0.3 is 5.11 Å². The van der Waals surface area contributed by atoms with Crippen molar-refractivity contribution in [3.05, 3.63) is 63.1 Å². The highest BCUT2D eigenvalue weighted by Crippen LogP contribution is 2.29. The highest BCUT2D eigenvalue weighted by molar-refractivity contribution is 9.10. The van der Waals surface area contributed by atoms with Crippen LogP contribution in [0.2, 0.25) is 5.02 Å². The molecule has 1 unspecified atom stereocenters. The number of aromatic nitrogens is 1. The molecule has 19 heavy (non-hydrogen) atoms. The van der Waals surface area contributed by atoms with Crippen molar-refractivity contribution in [3.63, 3.8) is 0 Å². The van der Waals surface area contributed by atoms with Crippen molar-refractivity contribution in [2.45, 2.75) is 18.9 Å². The fourth-order valence-corrected chi connectivity index (χ4v) is 2.56. The fraction of sp³-hybridized carbons (Fsp3) is 0.214. The van der Waals surface area contributed by atoms with Gasteiger partial charge in [0.2, 0.25) is 0 Å². The SMILES string of the molecule is CC(O)(Cc1ccc(Br)cc1Cl)c1ccc(F)cn1. The van der Waals surface area contributed by atoms with Crippen LogP contribution in [0, 0.1) is 5.82 Å². The topological polar surface area (TPSA) is 33.1 Å². The number of rotatable bonds is 3. The molecule has 1 aromatic heterocycles. The zero-order chi connectivity index (χ0) is 14.0. The van der Waals surface area contributed by atoms with E-state index >= 15 is 0 Å². The Kier molecular flexibility index (Phi) is 4.23. The molecular formula is C14H12BrClFNO. The van der Waals surface area contributed by atoms with E-state index in [9.17, 15) is 9.50 Å². The first-order valence-electron chi connectivity index (χ1n) is 5.67. The maximum absolute atomic E-state index is 12.8. The van der Waals surface area contributed by atoms with Crippen LogP contribution in [0.3, 0.4) is 0 Å². The quantitative estimate of drug-likeness (QED) is 0.910. The maximum Gasteiger partial charge on any atom is 0.141 e. The Morgan fingerprint density at radius 2 is 2.11 bits per heavy atom. The molecule has 0 fully saturated rings. The summed E-state index contributed by atoms with van der Waals surface area (Å²) in [7, 11) is 0. The second kappa shape index (κ2) is 5.57. The smallest absolute Gasteiger partial charge is 0.141 e. The maximum atomic E-state index is 12.8. The Labute approximate surface area is 124 Å². The van der Waals surface area contributed by atoms with Gasteiger partial charge in [-0.15, -0.1) is 0 Å². The molecule has 5 heteroatoms. The van der Waals surface area contributed by atoms with Gasteiger partial charge in [0.1, 0.15) is 11.4 Å². The number of aliphatic hydroxyl groups is 1. The second-order valence-corrected chi connectivity index (χ2v) is 5.87. The lowest BCUT2D eigenvalue weighted by molar-refractivity contribution is 0.0529. The standard InChI is InChI=1S/C14H12BrClFNO/c1-14(19,13-5-4-11(17)8-18-13)7-9-2-3-10(15)6-12(9)16/h2-6,8,19H,7H2,1H3. The predicted molar refractivity (Wildman–Crippen MR) is 76.6 cm³/mol. The molecule has 1 heterocycles. The molecule has 0 aliphatic rings. The molecule has 0 radical (unpaired) electrons. The average Bonchev–Trinajstić information content (AvgIpc) is 2.33. The zero-order valence-electron chi connectivity index (χ0n) is 10.2. The van der Waals surface area contributed by atoms with Gasteiger partial charge in [-0.1, -0.05) is 33.6 Å². The third-order valence-electron chi connectivity index (χ3n) is 2.83. The van der Waals surface area contributed by atoms with Gasteiger partial charge in [-0.2, -0.15) is 0 Å². The molecule has 0 saturated carbocycles. The zero-order valence-corrected chi connectivity index (χ0v) is 12.5. The van der Waals surface area contributed by atoms with Gasteiger partial charge >= 0.3 is 0 Å². The summed E-state index contributed by atoms with van der Waals surface area (Å²) in [6.07, 6.45) is 1.39. The van der Waals surface area contributed by atoms with Crippen LogP contribution in [-0.2, 0) is 12.0 Å². The van der Waals surface area contributed by atoms with Crippen LogP contribution in [0.15, 0.2) is 41.0 Å². The molecular weight excluding hydrogens is 333 g/mol. The average molecular weight is 345 g/mol. The van der Waals surface area contributed by atoms with Gasteiger partial charge in [0.15, 0.2) is 0 Å². The highest BCUT2D eigenvalue weighted by Gasteiger charge is 2.26.